The quantitative estimate of drug-likeness (QED) is 0.884. The average molecular weight is 270 g/mol. The maximum atomic E-state index is 12.0. The second kappa shape index (κ2) is 6.12. The van der Waals surface area contributed by atoms with Crippen LogP contribution in [-0.2, 0) is 0 Å². The van der Waals surface area contributed by atoms with Gasteiger partial charge in [-0.25, -0.2) is 0 Å². The van der Waals surface area contributed by atoms with Crippen molar-refractivity contribution in [3.63, 3.8) is 0 Å². The SMILES string of the molecule is O=c1[nH]c(NCCC2CCCCC2)cc2ccccc12. The summed E-state index contributed by atoms with van der Waals surface area (Å²) in [6.45, 7) is 0.943. The van der Waals surface area contributed by atoms with E-state index in [2.05, 4.69) is 10.3 Å². The lowest BCUT2D eigenvalue weighted by atomic mass is 9.87. The number of hydrogen-bond donors (Lipinski definition) is 2. The summed E-state index contributed by atoms with van der Waals surface area (Å²) in [4.78, 5) is 14.9. The first kappa shape index (κ1) is 13.2. The molecule has 0 unspecified atom stereocenters. The predicted molar refractivity (Wildman–Crippen MR) is 84.3 cm³/mol. The molecule has 20 heavy (non-hydrogen) atoms. The Hall–Kier alpha value is -1.77. The predicted octanol–water partition coefficient (Wildman–Crippen LogP) is 3.91. The van der Waals surface area contributed by atoms with Crippen LogP contribution in [0.2, 0.25) is 0 Å². The summed E-state index contributed by atoms with van der Waals surface area (Å²) in [5, 5.41) is 5.12. The molecule has 1 aliphatic carbocycles. The lowest BCUT2D eigenvalue weighted by molar-refractivity contribution is 0.345. The molecule has 1 saturated carbocycles. The first-order chi connectivity index (χ1) is 9.83. The molecular weight excluding hydrogens is 248 g/mol. The van der Waals surface area contributed by atoms with Gasteiger partial charge in [-0.3, -0.25) is 4.79 Å². The first-order valence-electron chi connectivity index (χ1n) is 7.69. The van der Waals surface area contributed by atoms with Crippen LogP contribution in [0.4, 0.5) is 5.82 Å². The molecule has 0 spiro atoms. The lowest BCUT2D eigenvalue weighted by Gasteiger charge is -2.21. The molecule has 106 valence electrons. The normalized spacial score (nSPS) is 16.4. The summed E-state index contributed by atoms with van der Waals surface area (Å²) in [5.74, 6) is 1.70. The van der Waals surface area contributed by atoms with Gasteiger partial charge in [0.1, 0.15) is 5.82 Å². The highest BCUT2D eigenvalue weighted by Gasteiger charge is 2.12. The molecule has 1 fully saturated rings. The van der Waals surface area contributed by atoms with E-state index in [1.807, 2.05) is 30.3 Å². The topological polar surface area (TPSA) is 44.9 Å². The third kappa shape index (κ3) is 3.03. The van der Waals surface area contributed by atoms with Gasteiger partial charge in [-0.15, -0.1) is 0 Å². The van der Waals surface area contributed by atoms with Crippen molar-refractivity contribution in [2.75, 3.05) is 11.9 Å². The molecule has 2 aromatic rings. The highest BCUT2D eigenvalue weighted by atomic mass is 16.1. The molecular formula is C17H22N2O. The van der Waals surface area contributed by atoms with Crippen molar-refractivity contribution in [1.29, 1.82) is 0 Å². The smallest absolute Gasteiger partial charge is 0.257 e. The fraction of sp³-hybridized carbons (Fsp3) is 0.471. The number of aromatic nitrogens is 1. The molecule has 2 N–H and O–H groups in total. The summed E-state index contributed by atoms with van der Waals surface area (Å²) >= 11 is 0. The summed E-state index contributed by atoms with van der Waals surface area (Å²) in [7, 11) is 0. The molecule has 3 rings (SSSR count). The van der Waals surface area contributed by atoms with E-state index in [1.54, 1.807) is 0 Å². The van der Waals surface area contributed by atoms with Gasteiger partial charge in [0.05, 0.1) is 0 Å². The Morgan fingerprint density at radius 3 is 2.80 bits per heavy atom. The molecule has 3 heteroatoms. The van der Waals surface area contributed by atoms with Crippen LogP contribution in [0, 0.1) is 5.92 Å². The average Bonchev–Trinajstić information content (AvgIpc) is 2.48. The van der Waals surface area contributed by atoms with Gasteiger partial charge in [-0.05, 0) is 29.9 Å². The lowest BCUT2D eigenvalue weighted by Crippen LogP contribution is -2.15. The van der Waals surface area contributed by atoms with Crippen LogP contribution in [0.3, 0.4) is 0 Å². The van der Waals surface area contributed by atoms with Crippen LogP contribution < -0.4 is 10.9 Å². The maximum Gasteiger partial charge on any atom is 0.257 e. The van der Waals surface area contributed by atoms with Crippen LogP contribution >= 0.6 is 0 Å². The number of hydrogen-bond acceptors (Lipinski definition) is 2. The zero-order chi connectivity index (χ0) is 13.8. The van der Waals surface area contributed by atoms with Gasteiger partial charge in [-0.1, -0.05) is 50.3 Å². The van der Waals surface area contributed by atoms with Crippen molar-refractivity contribution < 1.29 is 0 Å². The van der Waals surface area contributed by atoms with Gasteiger partial charge in [0.15, 0.2) is 0 Å². The fourth-order valence-corrected chi connectivity index (χ4v) is 3.19. The summed E-state index contributed by atoms with van der Waals surface area (Å²) < 4.78 is 0. The van der Waals surface area contributed by atoms with Gasteiger partial charge in [-0.2, -0.15) is 0 Å². The minimum Gasteiger partial charge on any atom is -0.372 e. The molecule has 1 aromatic carbocycles. The summed E-state index contributed by atoms with van der Waals surface area (Å²) in [6.07, 6.45) is 8.12. The van der Waals surface area contributed by atoms with Gasteiger partial charge in [0.25, 0.3) is 5.56 Å². The Morgan fingerprint density at radius 2 is 1.95 bits per heavy atom. The Morgan fingerprint density at radius 1 is 1.15 bits per heavy atom. The molecule has 0 saturated heterocycles. The van der Waals surface area contributed by atoms with E-state index in [0.29, 0.717) is 0 Å². The van der Waals surface area contributed by atoms with Gasteiger partial charge < -0.3 is 10.3 Å². The van der Waals surface area contributed by atoms with E-state index >= 15 is 0 Å². The monoisotopic (exact) mass is 270 g/mol. The van der Waals surface area contributed by atoms with E-state index in [0.717, 1.165) is 29.1 Å². The van der Waals surface area contributed by atoms with Crippen molar-refractivity contribution in [2.24, 2.45) is 5.92 Å². The zero-order valence-corrected chi connectivity index (χ0v) is 11.8. The van der Waals surface area contributed by atoms with E-state index in [4.69, 9.17) is 0 Å². The molecule has 0 atom stereocenters. The van der Waals surface area contributed by atoms with Crippen LogP contribution in [0.15, 0.2) is 35.1 Å². The molecule has 0 amide bonds. The Kier molecular flexibility index (Phi) is 4.05. The molecule has 0 bridgehead atoms. The third-order valence-corrected chi connectivity index (χ3v) is 4.35. The van der Waals surface area contributed by atoms with Crippen LogP contribution in [-0.4, -0.2) is 11.5 Å². The summed E-state index contributed by atoms with van der Waals surface area (Å²) in [6, 6.07) is 9.73. The number of benzene rings is 1. The molecule has 1 aliphatic rings. The maximum absolute atomic E-state index is 12.0. The highest BCUT2D eigenvalue weighted by molar-refractivity contribution is 5.83. The zero-order valence-electron chi connectivity index (χ0n) is 11.8. The Bertz CT molecular complexity index is 626. The van der Waals surface area contributed by atoms with Crippen molar-refractivity contribution in [1.82, 2.24) is 4.98 Å². The minimum absolute atomic E-state index is 0.0109. The molecule has 3 nitrogen and oxygen atoms in total. The van der Waals surface area contributed by atoms with Crippen LogP contribution in [0.5, 0.6) is 0 Å². The number of anilines is 1. The van der Waals surface area contributed by atoms with E-state index < -0.39 is 0 Å². The third-order valence-electron chi connectivity index (χ3n) is 4.35. The molecule has 1 aromatic heterocycles. The largest absolute Gasteiger partial charge is 0.372 e. The highest BCUT2D eigenvalue weighted by Crippen LogP contribution is 2.26. The molecule has 1 heterocycles. The minimum atomic E-state index is -0.0109. The fourth-order valence-electron chi connectivity index (χ4n) is 3.19. The van der Waals surface area contributed by atoms with Crippen molar-refractivity contribution in [2.45, 2.75) is 38.5 Å². The van der Waals surface area contributed by atoms with E-state index in [-0.39, 0.29) is 5.56 Å². The second-order valence-corrected chi connectivity index (χ2v) is 5.82. The van der Waals surface area contributed by atoms with E-state index in [9.17, 15) is 4.79 Å². The van der Waals surface area contributed by atoms with Gasteiger partial charge in [0.2, 0.25) is 0 Å². The van der Waals surface area contributed by atoms with Crippen LogP contribution in [0.1, 0.15) is 38.5 Å². The van der Waals surface area contributed by atoms with Crippen molar-refractivity contribution in [3.05, 3.63) is 40.7 Å². The Balaban J connectivity index is 1.64. The molecule has 0 radical (unpaired) electrons. The second-order valence-electron chi connectivity index (χ2n) is 5.82. The number of aromatic amines is 1. The van der Waals surface area contributed by atoms with Gasteiger partial charge >= 0.3 is 0 Å². The van der Waals surface area contributed by atoms with Crippen LogP contribution in [0.25, 0.3) is 10.8 Å². The number of pyridine rings is 1. The number of nitrogens with one attached hydrogen (secondary N) is 2. The number of rotatable bonds is 4. The van der Waals surface area contributed by atoms with Crippen molar-refractivity contribution in [3.8, 4) is 0 Å². The van der Waals surface area contributed by atoms with Crippen molar-refractivity contribution >= 4 is 16.6 Å². The van der Waals surface area contributed by atoms with Gasteiger partial charge in [0, 0.05) is 11.9 Å². The molecule has 0 aliphatic heterocycles. The number of H-pyrrole nitrogens is 1. The first-order valence-corrected chi connectivity index (χ1v) is 7.69. The summed E-state index contributed by atoms with van der Waals surface area (Å²) in [5.41, 5.74) is -0.0109. The Labute approximate surface area is 119 Å². The van der Waals surface area contributed by atoms with E-state index in [1.165, 1.54) is 38.5 Å². The standard InChI is InChI=1S/C17H22N2O/c20-17-15-9-5-4-8-14(15)12-16(19-17)18-11-10-13-6-2-1-3-7-13/h4-5,8-9,12-13H,1-3,6-7,10-11H2,(H2,18,19,20). The number of fused-ring (bicyclic) bond motifs is 1.